The smallest absolute Gasteiger partial charge is 0.126 e. The maximum Gasteiger partial charge on any atom is 0.126 e. The van der Waals surface area contributed by atoms with Gasteiger partial charge in [0, 0.05) is 12.1 Å². The lowest BCUT2D eigenvalue weighted by Crippen LogP contribution is -1.92. The van der Waals surface area contributed by atoms with Gasteiger partial charge in [0.1, 0.15) is 5.82 Å². The second-order valence-corrected chi connectivity index (χ2v) is 1.88. The summed E-state index contributed by atoms with van der Waals surface area (Å²) in [7, 11) is 0. The number of nitrogens with one attached hydrogen (secondary N) is 1. The predicted octanol–water partition coefficient (Wildman–Crippen LogP) is -0.0362. The quantitative estimate of drug-likeness (QED) is 0.536. The van der Waals surface area contributed by atoms with Crippen molar-refractivity contribution in [2.45, 2.75) is 0 Å². The van der Waals surface area contributed by atoms with Crippen molar-refractivity contribution in [3.63, 3.8) is 0 Å². The van der Waals surface area contributed by atoms with Crippen LogP contribution in [0.1, 0.15) is 5.56 Å². The molecule has 1 heterocycles. The first-order chi connectivity index (χ1) is 4.84. The van der Waals surface area contributed by atoms with E-state index in [1.807, 2.05) is 12.2 Å². The lowest BCUT2D eigenvalue weighted by atomic mass is 10.3. The fraction of sp³-hybridized carbons (Fsp3) is 0.167. The minimum atomic E-state index is 0.518. The van der Waals surface area contributed by atoms with Crippen molar-refractivity contribution >= 4 is 11.9 Å². The van der Waals surface area contributed by atoms with Crippen LogP contribution in [0.5, 0.6) is 0 Å². The van der Waals surface area contributed by atoms with Gasteiger partial charge in [0.15, 0.2) is 0 Å². The van der Waals surface area contributed by atoms with E-state index in [2.05, 4.69) is 10.2 Å². The molecule has 1 aromatic rings. The minimum Gasteiger partial charge on any atom is -0.384 e. The molecule has 1 rings (SSSR count). The highest BCUT2D eigenvalue weighted by atomic mass is 15.1. The third-order valence-electron chi connectivity index (χ3n) is 1.13. The summed E-state index contributed by atoms with van der Waals surface area (Å²) in [6, 6.07) is 0. The van der Waals surface area contributed by atoms with Crippen molar-refractivity contribution in [2.24, 2.45) is 5.73 Å². The molecule has 0 fully saturated rings. The van der Waals surface area contributed by atoms with Crippen molar-refractivity contribution in [3.8, 4) is 0 Å². The Bertz CT molecular complexity index is 225. The number of nitrogens with zero attached hydrogens (tertiary/aromatic N) is 1. The summed E-state index contributed by atoms with van der Waals surface area (Å²) in [5.41, 5.74) is 11.6. The summed E-state index contributed by atoms with van der Waals surface area (Å²) < 4.78 is 0. The van der Waals surface area contributed by atoms with Crippen LogP contribution in [0, 0.1) is 0 Å². The van der Waals surface area contributed by atoms with Crippen LogP contribution in [-0.2, 0) is 0 Å². The van der Waals surface area contributed by atoms with Gasteiger partial charge >= 0.3 is 0 Å². The highest BCUT2D eigenvalue weighted by molar-refractivity contribution is 5.59. The Balaban J connectivity index is 2.74. The van der Waals surface area contributed by atoms with E-state index in [4.69, 9.17) is 11.5 Å². The number of anilines is 1. The molecule has 0 aliphatic rings. The van der Waals surface area contributed by atoms with Gasteiger partial charge in [-0.3, -0.25) is 5.10 Å². The van der Waals surface area contributed by atoms with Gasteiger partial charge in [-0.2, -0.15) is 5.10 Å². The molecule has 0 amide bonds. The van der Waals surface area contributed by atoms with Gasteiger partial charge < -0.3 is 11.5 Å². The largest absolute Gasteiger partial charge is 0.384 e. The number of aromatic nitrogens is 2. The van der Waals surface area contributed by atoms with Crippen molar-refractivity contribution < 1.29 is 0 Å². The van der Waals surface area contributed by atoms with Crippen LogP contribution >= 0.6 is 0 Å². The Morgan fingerprint density at radius 1 is 1.70 bits per heavy atom. The molecule has 10 heavy (non-hydrogen) atoms. The maximum atomic E-state index is 5.47. The van der Waals surface area contributed by atoms with Crippen molar-refractivity contribution in [2.75, 3.05) is 12.3 Å². The molecule has 0 atom stereocenters. The van der Waals surface area contributed by atoms with Crippen LogP contribution in [-0.4, -0.2) is 16.7 Å². The van der Waals surface area contributed by atoms with Gasteiger partial charge in [-0.1, -0.05) is 12.2 Å². The lowest BCUT2D eigenvalue weighted by Gasteiger charge is -1.85. The van der Waals surface area contributed by atoms with E-state index in [0.717, 1.165) is 5.56 Å². The van der Waals surface area contributed by atoms with Gasteiger partial charge in [-0.05, 0) is 0 Å². The monoisotopic (exact) mass is 138 g/mol. The Morgan fingerprint density at radius 2 is 2.50 bits per heavy atom. The second-order valence-electron chi connectivity index (χ2n) is 1.88. The second kappa shape index (κ2) is 3.03. The molecular weight excluding hydrogens is 128 g/mol. The zero-order valence-corrected chi connectivity index (χ0v) is 5.54. The highest BCUT2D eigenvalue weighted by Crippen LogP contribution is 2.06. The normalized spacial score (nSPS) is 10.9. The standard InChI is InChI=1S/C6H10N4/c7-3-1-2-5-4-9-10-6(5)8/h1-2,4H,3,7H2,(H3,8,9,10). The summed E-state index contributed by atoms with van der Waals surface area (Å²) in [6.45, 7) is 0.518. The van der Waals surface area contributed by atoms with E-state index >= 15 is 0 Å². The summed E-state index contributed by atoms with van der Waals surface area (Å²) in [6.07, 6.45) is 5.31. The lowest BCUT2D eigenvalue weighted by molar-refractivity contribution is 1.10. The van der Waals surface area contributed by atoms with Gasteiger partial charge in [-0.15, -0.1) is 0 Å². The Kier molecular flexibility index (Phi) is 2.07. The van der Waals surface area contributed by atoms with Crippen LogP contribution in [0.4, 0.5) is 5.82 Å². The zero-order chi connectivity index (χ0) is 7.40. The van der Waals surface area contributed by atoms with Crippen LogP contribution < -0.4 is 11.5 Å². The highest BCUT2D eigenvalue weighted by Gasteiger charge is 1.92. The van der Waals surface area contributed by atoms with E-state index in [1.54, 1.807) is 6.20 Å². The molecule has 0 spiro atoms. The Morgan fingerprint density at radius 3 is 3.00 bits per heavy atom. The van der Waals surface area contributed by atoms with Crippen LogP contribution in [0.15, 0.2) is 12.3 Å². The van der Waals surface area contributed by atoms with E-state index < -0.39 is 0 Å². The number of nitrogens with two attached hydrogens (primary N) is 2. The number of nitrogen functional groups attached to an aromatic ring is 1. The molecule has 0 aliphatic carbocycles. The fourth-order valence-electron chi connectivity index (χ4n) is 0.633. The molecule has 0 radical (unpaired) electrons. The number of aromatic amines is 1. The average Bonchev–Trinajstić information content (AvgIpc) is 2.31. The molecule has 4 heteroatoms. The predicted molar refractivity (Wildman–Crippen MR) is 41.1 cm³/mol. The molecule has 0 saturated carbocycles. The van der Waals surface area contributed by atoms with Crippen molar-refractivity contribution in [3.05, 3.63) is 17.8 Å². The number of hydrogen-bond acceptors (Lipinski definition) is 3. The summed E-state index contributed by atoms with van der Waals surface area (Å²) in [5.74, 6) is 0.574. The zero-order valence-electron chi connectivity index (χ0n) is 5.54. The third kappa shape index (κ3) is 1.35. The Hall–Kier alpha value is -1.29. The van der Waals surface area contributed by atoms with Gasteiger partial charge in [-0.25, -0.2) is 0 Å². The van der Waals surface area contributed by atoms with E-state index in [9.17, 15) is 0 Å². The van der Waals surface area contributed by atoms with E-state index in [-0.39, 0.29) is 0 Å². The fourth-order valence-corrected chi connectivity index (χ4v) is 0.633. The molecule has 54 valence electrons. The number of hydrogen-bond donors (Lipinski definition) is 3. The van der Waals surface area contributed by atoms with Crippen LogP contribution in [0.25, 0.3) is 6.08 Å². The van der Waals surface area contributed by atoms with Gasteiger partial charge in [0.05, 0.1) is 6.20 Å². The number of H-pyrrole nitrogens is 1. The molecule has 0 bridgehead atoms. The first-order valence-electron chi connectivity index (χ1n) is 3.00. The third-order valence-corrected chi connectivity index (χ3v) is 1.13. The molecule has 0 saturated heterocycles. The molecule has 0 aliphatic heterocycles. The maximum absolute atomic E-state index is 5.47. The Labute approximate surface area is 58.9 Å². The molecular formula is C6H10N4. The molecule has 0 unspecified atom stereocenters. The van der Waals surface area contributed by atoms with Crippen molar-refractivity contribution in [1.29, 1.82) is 0 Å². The SMILES string of the molecule is NCC=Cc1cn[nH]c1N. The number of rotatable bonds is 2. The molecule has 4 nitrogen and oxygen atoms in total. The molecule has 5 N–H and O–H groups in total. The van der Waals surface area contributed by atoms with Crippen LogP contribution in [0.3, 0.4) is 0 Å². The van der Waals surface area contributed by atoms with Gasteiger partial charge in [0.25, 0.3) is 0 Å². The van der Waals surface area contributed by atoms with E-state index in [1.165, 1.54) is 0 Å². The molecule has 1 aromatic heterocycles. The minimum absolute atomic E-state index is 0.518. The summed E-state index contributed by atoms with van der Waals surface area (Å²) in [5, 5.41) is 6.35. The topological polar surface area (TPSA) is 80.7 Å². The van der Waals surface area contributed by atoms with Crippen molar-refractivity contribution in [1.82, 2.24) is 10.2 Å². The molecule has 0 aromatic carbocycles. The van der Waals surface area contributed by atoms with Gasteiger partial charge in [0.2, 0.25) is 0 Å². The summed E-state index contributed by atoms with van der Waals surface area (Å²) in [4.78, 5) is 0. The average molecular weight is 138 g/mol. The van der Waals surface area contributed by atoms with E-state index in [0.29, 0.717) is 12.4 Å². The van der Waals surface area contributed by atoms with Crippen LogP contribution in [0.2, 0.25) is 0 Å². The summed E-state index contributed by atoms with van der Waals surface area (Å²) >= 11 is 0. The first kappa shape index (κ1) is 6.82. The first-order valence-corrected chi connectivity index (χ1v) is 3.00.